The number of rotatable bonds is 4. The van der Waals surface area contributed by atoms with E-state index in [0.29, 0.717) is 5.92 Å². The summed E-state index contributed by atoms with van der Waals surface area (Å²) >= 11 is 0. The Morgan fingerprint density at radius 1 is 1.17 bits per heavy atom. The lowest BCUT2D eigenvalue weighted by atomic mass is 9.90. The third-order valence-corrected chi connectivity index (χ3v) is 6.15. The quantitative estimate of drug-likeness (QED) is 0.522. The van der Waals surface area contributed by atoms with Crippen LogP contribution in [0.15, 0.2) is 12.2 Å². The maximum atomic E-state index is 6.25. The molecule has 0 radical (unpaired) electrons. The summed E-state index contributed by atoms with van der Waals surface area (Å²) in [5.41, 5.74) is 0.166. The van der Waals surface area contributed by atoms with Crippen LogP contribution in [-0.2, 0) is 9.47 Å². The Hall–Kier alpha value is -0.780. The normalized spacial score (nSPS) is 34.9. The number of hydrogen-bond acceptors (Lipinski definition) is 2. The van der Waals surface area contributed by atoms with E-state index in [9.17, 15) is 0 Å². The van der Waals surface area contributed by atoms with Crippen molar-refractivity contribution in [2.45, 2.75) is 72.0 Å². The van der Waals surface area contributed by atoms with E-state index in [1.165, 1.54) is 12.8 Å². The maximum absolute atomic E-state index is 6.25. The van der Waals surface area contributed by atoms with Crippen molar-refractivity contribution in [3.63, 3.8) is 0 Å². The van der Waals surface area contributed by atoms with Gasteiger partial charge in [0.1, 0.15) is 0 Å². The van der Waals surface area contributed by atoms with Gasteiger partial charge in [-0.15, -0.1) is 11.8 Å². The van der Waals surface area contributed by atoms with Gasteiger partial charge in [-0.25, -0.2) is 0 Å². The van der Waals surface area contributed by atoms with Crippen molar-refractivity contribution in [3.05, 3.63) is 12.2 Å². The van der Waals surface area contributed by atoms with Gasteiger partial charge >= 0.3 is 0 Å². The smallest absolute Gasteiger partial charge is 0.168 e. The fourth-order valence-electron chi connectivity index (χ4n) is 4.65. The average molecular weight is 331 g/mol. The molecular formula is C22H34O2. The molecule has 134 valence electrons. The summed E-state index contributed by atoms with van der Waals surface area (Å²) in [5, 5.41) is 0. The predicted octanol–water partition coefficient (Wildman–Crippen LogP) is 5.19. The van der Waals surface area contributed by atoms with Gasteiger partial charge in [0.25, 0.3) is 0 Å². The summed E-state index contributed by atoms with van der Waals surface area (Å²) in [7, 11) is 0. The molecule has 2 saturated carbocycles. The van der Waals surface area contributed by atoms with Crippen LogP contribution in [0.4, 0.5) is 0 Å². The highest BCUT2D eigenvalue weighted by atomic mass is 16.7. The molecule has 3 rings (SSSR count). The number of ether oxygens (including phenoxy) is 2. The average Bonchev–Trinajstić information content (AvgIpc) is 3.07. The minimum Gasteiger partial charge on any atom is -0.349 e. The van der Waals surface area contributed by atoms with Gasteiger partial charge in [-0.05, 0) is 49.9 Å². The molecule has 0 aromatic carbocycles. The zero-order valence-corrected chi connectivity index (χ0v) is 15.9. The Morgan fingerprint density at radius 3 is 2.62 bits per heavy atom. The zero-order chi connectivity index (χ0) is 17.2. The second kappa shape index (κ2) is 7.22. The van der Waals surface area contributed by atoms with E-state index >= 15 is 0 Å². The lowest BCUT2D eigenvalue weighted by Crippen LogP contribution is -2.46. The number of fused-ring (bicyclic) bond motifs is 1. The Balaban J connectivity index is 1.53. The van der Waals surface area contributed by atoms with Gasteiger partial charge in [-0.2, -0.15) is 0 Å². The first kappa shape index (κ1) is 18.0. The zero-order valence-electron chi connectivity index (χ0n) is 15.9. The Morgan fingerprint density at radius 2 is 1.92 bits per heavy atom. The highest BCUT2D eigenvalue weighted by Gasteiger charge is 2.54. The predicted molar refractivity (Wildman–Crippen MR) is 98.3 cm³/mol. The molecule has 3 aliphatic rings. The van der Waals surface area contributed by atoms with Crippen LogP contribution in [0, 0.1) is 40.9 Å². The highest BCUT2D eigenvalue weighted by Crippen LogP contribution is 2.55. The Bertz CT molecular complexity index is 512. The van der Waals surface area contributed by atoms with Crippen LogP contribution in [0.25, 0.3) is 0 Å². The topological polar surface area (TPSA) is 18.5 Å². The molecule has 3 fully saturated rings. The summed E-state index contributed by atoms with van der Waals surface area (Å²) in [6.07, 6.45) is 12.0. The monoisotopic (exact) mass is 330 g/mol. The van der Waals surface area contributed by atoms with Crippen molar-refractivity contribution in [2.24, 2.45) is 29.1 Å². The molecule has 1 aliphatic heterocycles. The van der Waals surface area contributed by atoms with Crippen LogP contribution in [0.1, 0.15) is 66.2 Å². The molecule has 24 heavy (non-hydrogen) atoms. The molecule has 0 amide bonds. The SMILES string of the molecule is CC#CCC(C)C/C=C/C1CCC2CC3(CC12)OCC(C)(C)CO3. The second-order valence-electron chi connectivity index (χ2n) is 9.13. The molecule has 4 unspecified atom stereocenters. The fraction of sp³-hybridized carbons (Fsp3) is 0.818. The van der Waals surface area contributed by atoms with E-state index < -0.39 is 0 Å². The minimum absolute atomic E-state index is 0.166. The molecule has 2 aliphatic carbocycles. The Labute approximate surface area is 148 Å². The van der Waals surface area contributed by atoms with E-state index in [4.69, 9.17) is 9.47 Å². The second-order valence-corrected chi connectivity index (χ2v) is 9.13. The molecule has 1 spiro atoms. The van der Waals surface area contributed by atoms with E-state index in [2.05, 4.69) is 44.8 Å². The molecule has 0 aromatic heterocycles. The van der Waals surface area contributed by atoms with Crippen molar-refractivity contribution < 1.29 is 9.47 Å². The molecule has 1 saturated heterocycles. The van der Waals surface area contributed by atoms with E-state index in [0.717, 1.165) is 56.7 Å². The van der Waals surface area contributed by atoms with Crippen molar-refractivity contribution in [1.82, 2.24) is 0 Å². The first-order chi connectivity index (χ1) is 11.4. The lowest BCUT2D eigenvalue weighted by molar-refractivity contribution is -0.297. The van der Waals surface area contributed by atoms with Crippen LogP contribution < -0.4 is 0 Å². The molecule has 2 heteroatoms. The van der Waals surface area contributed by atoms with E-state index in [1.54, 1.807) is 0 Å². The number of allylic oxidation sites excluding steroid dienone is 2. The van der Waals surface area contributed by atoms with Crippen molar-refractivity contribution in [3.8, 4) is 11.8 Å². The van der Waals surface area contributed by atoms with Gasteiger partial charge < -0.3 is 9.47 Å². The summed E-state index contributed by atoms with van der Waals surface area (Å²) in [6.45, 7) is 10.3. The number of hydrogen-bond donors (Lipinski definition) is 0. The van der Waals surface area contributed by atoms with Gasteiger partial charge in [0, 0.05) is 24.7 Å². The summed E-state index contributed by atoms with van der Waals surface area (Å²) in [5.74, 6) is 8.86. The van der Waals surface area contributed by atoms with Crippen molar-refractivity contribution in [1.29, 1.82) is 0 Å². The van der Waals surface area contributed by atoms with E-state index in [-0.39, 0.29) is 11.2 Å². The summed E-state index contributed by atoms with van der Waals surface area (Å²) in [6, 6.07) is 0. The first-order valence-electron chi connectivity index (χ1n) is 9.77. The highest BCUT2D eigenvalue weighted by molar-refractivity contribution is 5.05. The van der Waals surface area contributed by atoms with Gasteiger partial charge in [-0.1, -0.05) is 32.9 Å². The fourth-order valence-corrected chi connectivity index (χ4v) is 4.65. The molecule has 2 nitrogen and oxygen atoms in total. The van der Waals surface area contributed by atoms with Crippen LogP contribution in [0.3, 0.4) is 0 Å². The van der Waals surface area contributed by atoms with E-state index in [1.807, 2.05) is 6.92 Å². The molecule has 0 aromatic rings. The van der Waals surface area contributed by atoms with Gasteiger partial charge in [0.05, 0.1) is 13.2 Å². The van der Waals surface area contributed by atoms with Gasteiger partial charge in [0.2, 0.25) is 0 Å². The molecular weight excluding hydrogens is 296 g/mol. The molecule has 4 atom stereocenters. The van der Waals surface area contributed by atoms with Crippen LogP contribution in [0.5, 0.6) is 0 Å². The van der Waals surface area contributed by atoms with Crippen LogP contribution in [-0.4, -0.2) is 19.0 Å². The van der Waals surface area contributed by atoms with Crippen molar-refractivity contribution in [2.75, 3.05) is 13.2 Å². The molecule has 0 bridgehead atoms. The van der Waals surface area contributed by atoms with Gasteiger partial charge in [-0.3, -0.25) is 0 Å². The maximum Gasteiger partial charge on any atom is 0.168 e. The third-order valence-electron chi connectivity index (χ3n) is 6.15. The third kappa shape index (κ3) is 4.06. The minimum atomic E-state index is -0.263. The Kier molecular flexibility index (Phi) is 5.42. The summed E-state index contributed by atoms with van der Waals surface area (Å²) in [4.78, 5) is 0. The standard InChI is InChI=1S/C22H34O2/c1-5-6-8-17(2)9-7-10-18-11-12-19-13-22(14-20(18)19)23-15-21(3,4)16-24-22/h7,10,17-20H,8-9,11-16H2,1-4H3/b10-7+. The summed E-state index contributed by atoms with van der Waals surface area (Å²) < 4.78 is 12.5. The van der Waals surface area contributed by atoms with Crippen LogP contribution in [0.2, 0.25) is 0 Å². The largest absolute Gasteiger partial charge is 0.349 e. The first-order valence-corrected chi connectivity index (χ1v) is 9.77. The lowest BCUT2D eigenvalue weighted by Gasteiger charge is -2.42. The van der Waals surface area contributed by atoms with Gasteiger partial charge in [0.15, 0.2) is 5.79 Å². The molecule has 1 heterocycles. The van der Waals surface area contributed by atoms with Crippen molar-refractivity contribution >= 4 is 0 Å². The molecule has 0 N–H and O–H groups in total. The van der Waals surface area contributed by atoms with Crippen LogP contribution >= 0.6 is 0 Å².